The number of nitrogens with zero attached hydrogens (tertiary/aromatic N) is 2. The van der Waals surface area contributed by atoms with Crippen molar-refractivity contribution in [2.24, 2.45) is 0 Å². The van der Waals surface area contributed by atoms with E-state index in [-0.39, 0.29) is 21.8 Å². The topological polar surface area (TPSA) is 76.3 Å². The summed E-state index contributed by atoms with van der Waals surface area (Å²) >= 11 is 5.79. The molecule has 17 heavy (non-hydrogen) atoms. The van der Waals surface area contributed by atoms with Crippen LogP contribution in [0.1, 0.15) is 19.8 Å². The third-order valence-corrected chi connectivity index (χ3v) is 5.01. The lowest BCUT2D eigenvalue weighted by Gasteiger charge is -2.19. The second-order valence-electron chi connectivity index (χ2n) is 3.98. The van der Waals surface area contributed by atoms with Crippen LogP contribution < -0.4 is 5.73 Å². The van der Waals surface area contributed by atoms with Crippen molar-refractivity contribution in [3.05, 3.63) is 17.3 Å². The number of sulfonamides is 1. The van der Waals surface area contributed by atoms with Gasteiger partial charge < -0.3 is 5.73 Å². The summed E-state index contributed by atoms with van der Waals surface area (Å²) in [6, 6.07) is 1.48. The molecule has 2 N–H and O–H groups in total. The molecule has 1 aromatic rings. The monoisotopic (exact) mass is 275 g/mol. The predicted molar refractivity (Wildman–Crippen MR) is 66.2 cm³/mol. The third-order valence-electron chi connectivity index (χ3n) is 2.72. The highest BCUT2D eigenvalue weighted by atomic mass is 35.5. The quantitative estimate of drug-likeness (QED) is 0.903. The molecule has 0 aromatic carbocycles. The normalized spacial score (nSPS) is 16.4. The first-order valence-electron chi connectivity index (χ1n) is 5.39. The molecule has 0 unspecified atom stereocenters. The molecule has 1 saturated carbocycles. The molecule has 94 valence electrons. The Balaban J connectivity index is 2.39. The van der Waals surface area contributed by atoms with Gasteiger partial charge in [0.25, 0.3) is 0 Å². The maximum Gasteiger partial charge on any atom is 0.244 e. The van der Waals surface area contributed by atoms with Crippen LogP contribution in [0.25, 0.3) is 0 Å². The second kappa shape index (κ2) is 4.44. The number of aromatic nitrogens is 1. The Labute approximate surface area is 106 Å². The van der Waals surface area contributed by atoms with E-state index >= 15 is 0 Å². The number of nitrogens with two attached hydrogens (primary N) is 1. The standard InChI is InChI=1S/C10H14ClN3O2S/c1-2-14(7-3-4-7)17(15,16)8-5-9(11)10(12)13-6-8/h5-7H,2-4H2,1H3,(H2,12,13). The summed E-state index contributed by atoms with van der Waals surface area (Å²) in [5, 5.41) is 0.165. The Kier molecular flexibility index (Phi) is 3.29. The van der Waals surface area contributed by atoms with Gasteiger partial charge in [-0.1, -0.05) is 18.5 Å². The van der Waals surface area contributed by atoms with Gasteiger partial charge in [0.15, 0.2) is 0 Å². The Bertz CT molecular complexity index is 528. The summed E-state index contributed by atoms with van der Waals surface area (Å²) in [6.45, 7) is 2.28. The van der Waals surface area contributed by atoms with Crippen molar-refractivity contribution in [3.63, 3.8) is 0 Å². The molecular weight excluding hydrogens is 262 g/mol. The predicted octanol–water partition coefficient (Wildman–Crippen LogP) is 1.49. The van der Waals surface area contributed by atoms with Crippen LogP contribution in [0.15, 0.2) is 17.2 Å². The fourth-order valence-corrected chi connectivity index (χ4v) is 3.59. The highest BCUT2D eigenvalue weighted by Crippen LogP contribution is 2.32. The van der Waals surface area contributed by atoms with Gasteiger partial charge in [0.1, 0.15) is 10.7 Å². The van der Waals surface area contributed by atoms with E-state index in [9.17, 15) is 8.42 Å². The van der Waals surface area contributed by atoms with E-state index in [0.717, 1.165) is 12.8 Å². The van der Waals surface area contributed by atoms with Crippen LogP contribution >= 0.6 is 11.6 Å². The van der Waals surface area contributed by atoms with Gasteiger partial charge in [-0.05, 0) is 18.9 Å². The van der Waals surface area contributed by atoms with E-state index in [0.29, 0.717) is 6.54 Å². The van der Waals surface area contributed by atoms with Crippen LogP contribution in [-0.4, -0.2) is 30.3 Å². The van der Waals surface area contributed by atoms with E-state index in [1.165, 1.54) is 16.6 Å². The zero-order chi connectivity index (χ0) is 12.6. The van der Waals surface area contributed by atoms with Gasteiger partial charge >= 0.3 is 0 Å². The lowest BCUT2D eigenvalue weighted by atomic mass is 10.5. The lowest BCUT2D eigenvalue weighted by Crippen LogP contribution is -2.33. The lowest BCUT2D eigenvalue weighted by molar-refractivity contribution is 0.421. The summed E-state index contributed by atoms with van der Waals surface area (Å²) in [7, 11) is -3.50. The molecule has 0 saturated heterocycles. The minimum Gasteiger partial charge on any atom is -0.382 e. The van der Waals surface area contributed by atoms with Crippen molar-refractivity contribution in [1.82, 2.24) is 9.29 Å². The molecule has 0 amide bonds. The van der Waals surface area contributed by atoms with Crippen molar-refractivity contribution >= 4 is 27.4 Å². The first-order chi connectivity index (χ1) is 7.96. The Morgan fingerprint density at radius 1 is 1.59 bits per heavy atom. The summed E-state index contributed by atoms with van der Waals surface area (Å²) in [5.41, 5.74) is 5.46. The highest BCUT2D eigenvalue weighted by molar-refractivity contribution is 7.89. The third kappa shape index (κ3) is 2.38. The molecule has 0 spiro atoms. The van der Waals surface area contributed by atoms with E-state index in [1.54, 1.807) is 0 Å². The molecule has 5 nitrogen and oxygen atoms in total. The maximum absolute atomic E-state index is 12.3. The molecular formula is C10H14ClN3O2S. The average Bonchev–Trinajstić information content (AvgIpc) is 3.07. The van der Waals surface area contributed by atoms with Gasteiger partial charge in [0, 0.05) is 18.8 Å². The molecule has 1 fully saturated rings. The number of hydrogen-bond acceptors (Lipinski definition) is 4. The molecule has 1 heterocycles. The molecule has 0 atom stereocenters. The Hall–Kier alpha value is -0.850. The molecule has 0 aliphatic heterocycles. The van der Waals surface area contributed by atoms with E-state index in [2.05, 4.69) is 4.98 Å². The SMILES string of the molecule is CCN(C1CC1)S(=O)(=O)c1cnc(N)c(Cl)c1. The van der Waals surface area contributed by atoms with Gasteiger partial charge in [0.05, 0.1) is 5.02 Å². The number of nitrogen functional groups attached to an aromatic ring is 1. The smallest absolute Gasteiger partial charge is 0.244 e. The fourth-order valence-electron chi connectivity index (χ4n) is 1.69. The van der Waals surface area contributed by atoms with Crippen LogP contribution in [0.2, 0.25) is 5.02 Å². The van der Waals surface area contributed by atoms with Crippen LogP contribution in [-0.2, 0) is 10.0 Å². The molecule has 1 aromatic heterocycles. The Morgan fingerprint density at radius 3 is 2.71 bits per heavy atom. The summed E-state index contributed by atoms with van der Waals surface area (Å²) in [4.78, 5) is 3.88. The van der Waals surface area contributed by atoms with E-state index in [1.807, 2.05) is 6.92 Å². The van der Waals surface area contributed by atoms with E-state index in [4.69, 9.17) is 17.3 Å². The van der Waals surface area contributed by atoms with Crippen LogP contribution in [0, 0.1) is 0 Å². The van der Waals surface area contributed by atoms with Gasteiger partial charge in [-0.3, -0.25) is 0 Å². The number of anilines is 1. The zero-order valence-corrected chi connectivity index (χ0v) is 11.0. The van der Waals surface area contributed by atoms with Gasteiger partial charge in [-0.15, -0.1) is 0 Å². The van der Waals surface area contributed by atoms with Gasteiger partial charge in [0.2, 0.25) is 10.0 Å². The molecule has 0 bridgehead atoms. The largest absolute Gasteiger partial charge is 0.382 e. The summed E-state index contributed by atoms with van der Waals surface area (Å²) in [6.07, 6.45) is 3.09. The van der Waals surface area contributed by atoms with Crippen molar-refractivity contribution in [2.75, 3.05) is 12.3 Å². The minimum atomic E-state index is -3.50. The highest BCUT2D eigenvalue weighted by Gasteiger charge is 2.37. The van der Waals surface area contributed by atoms with Gasteiger partial charge in [-0.25, -0.2) is 13.4 Å². The van der Waals surface area contributed by atoms with Gasteiger partial charge in [-0.2, -0.15) is 4.31 Å². The maximum atomic E-state index is 12.3. The summed E-state index contributed by atoms with van der Waals surface area (Å²) < 4.78 is 26.1. The molecule has 2 rings (SSSR count). The molecule has 7 heteroatoms. The van der Waals surface area contributed by atoms with Crippen molar-refractivity contribution < 1.29 is 8.42 Å². The first kappa shape index (κ1) is 12.6. The molecule has 1 aliphatic rings. The van der Waals surface area contributed by atoms with E-state index < -0.39 is 10.0 Å². The average molecular weight is 276 g/mol. The fraction of sp³-hybridized carbons (Fsp3) is 0.500. The zero-order valence-electron chi connectivity index (χ0n) is 9.43. The Morgan fingerprint density at radius 2 is 2.24 bits per heavy atom. The van der Waals surface area contributed by atoms with Crippen LogP contribution in [0.4, 0.5) is 5.82 Å². The first-order valence-corrected chi connectivity index (χ1v) is 7.21. The number of hydrogen-bond donors (Lipinski definition) is 1. The second-order valence-corrected chi connectivity index (χ2v) is 6.28. The van der Waals surface area contributed by atoms with Crippen LogP contribution in [0.5, 0.6) is 0 Å². The van der Waals surface area contributed by atoms with Crippen molar-refractivity contribution in [2.45, 2.75) is 30.7 Å². The number of halogens is 1. The van der Waals surface area contributed by atoms with Crippen LogP contribution in [0.3, 0.4) is 0 Å². The molecule has 1 aliphatic carbocycles. The summed E-state index contributed by atoms with van der Waals surface area (Å²) in [5.74, 6) is 0.139. The number of pyridine rings is 1. The minimum absolute atomic E-state index is 0.102. The van der Waals surface area contributed by atoms with Crippen molar-refractivity contribution in [1.29, 1.82) is 0 Å². The van der Waals surface area contributed by atoms with Crippen molar-refractivity contribution in [3.8, 4) is 0 Å². The molecule has 0 radical (unpaired) electrons. The number of rotatable bonds is 4.